The number of benzene rings is 2. The van der Waals surface area contributed by atoms with Crippen LogP contribution in [0.5, 0.6) is 5.75 Å². The number of hydrogen-bond acceptors (Lipinski definition) is 6. The fourth-order valence-electron chi connectivity index (χ4n) is 9.27. The van der Waals surface area contributed by atoms with Crippen LogP contribution in [-0.2, 0) is 17.8 Å². The molecule has 276 valence electrons. The molecule has 1 aromatic heterocycles. The summed E-state index contributed by atoms with van der Waals surface area (Å²) < 4.78 is 2.01. The predicted octanol–water partition coefficient (Wildman–Crippen LogP) is 7.43. The molecule has 0 bridgehead atoms. The van der Waals surface area contributed by atoms with Gasteiger partial charge in [-0.1, -0.05) is 69.0 Å². The first-order chi connectivity index (χ1) is 24.6. The van der Waals surface area contributed by atoms with Crippen LogP contribution in [0.4, 0.5) is 0 Å². The van der Waals surface area contributed by atoms with Crippen molar-refractivity contribution >= 4 is 23.4 Å². The van der Waals surface area contributed by atoms with Crippen LogP contribution in [0.2, 0.25) is 5.02 Å². The third-order valence-electron chi connectivity index (χ3n) is 12.1. The van der Waals surface area contributed by atoms with E-state index in [1.165, 1.54) is 38.2 Å². The zero-order chi connectivity index (χ0) is 35.8. The Kier molecular flexibility index (Phi) is 12.4. The number of phenolic OH excluding ortho intramolecular Hbond substituents is 1. The number of likely N-dealkylation sites (tertiary alicyclic amines) is 1. The zero-order valence-electron chi connectivity index (χ0n) is 30.5. The molecule has 1 aliphatic heterocycles. The fourth-order valence-corrected chi connectivity index (χ4v) is 9.39. The monoisotopic (exact) mass is 716 g/mol. The molecule has 1 saturated heterocycles. The van der Waals surface area contributed by atoms with Gasteiger partial charge in [0, 0.05) is 37.2 Å². The Balaban J connectivity index is 1.05. The summed E-state index contributed by atoms with van der Waals surface area (Å²) in [6, 6.07) is 14.6. The minimum Gasteiger partial charge on any atom is -0.507 e. The lowest BCUT2D eigenvalue weighted by molar-refractivity contribution is -0.137. The van der Waals surface area contributed by atoms with Crippen LogP contribution in [0, 0.1) is 22.7 Å². The number of piperidine rings is 1. The van der Waals surface area contributed by atoms with E-state index in [0.717, 1.165) is 70.1 Å². The average Bonchev–Trinajstić information content (AvgIpc) is 3.65. The van der Waals surface area contributed by atoms with Gasteiger partial charge in [0.2, 0.25) is 5.91 Å². The van der Waals surface area contributed by atoms with Crippen LogP contribution in [0.1, 0.15) is 107 Å². The summed E-state index contributed by atoms with van der Waals surface area (Å²) in [4.78, 5) is 33.5. The number of nitrogens with zero attached hydrogens (tertiary/aromatic N) is 4. The normalized spacial score (nSPS) is 22.0. The van der Waals surface area contributed by atoms with Crippen molar-refractivity contribution in [2.45, 2.75) is 116 Å². The lowest BCUT2D eigenvalue weighted by Crippen LogP contribution is -2.55. The summed E-state index contributed by atoms with van der Waals surface area (Å²) in [5.74, 6) is 1.21. The van der Waals surface area contributed by atoms with E-state index in [1.54, 1.807) is 24.5 Å². The van der Waals surface area contributed by atoms with Crippen molar-refractivity contribution in [2.24, 2.45) is 22.7 Å². The molecule has 10 heteroatoms. The highest BCUT2D eigenvalue weighted by Gasteiger charge is 2.44. The third-order valence-corrected chi connectivity index (χ3v) is 12.4. The first-order valence-electron chi connectivity index (χ1n) is 19.3. The first-order valence-corrected chi connectivity index (χ1v) is 19.6. The summed E-state index contributed by atoms with van der Waals surface area (Å²) in [5.41, 5.74) is 1.50. The highest BCUT2D eigenvalue weighted by molar-refractivity contribution is 6.30. The molecule has 1 atom stereocenters. The van der Waals surface area contributed by atoms with Crippen LogP contribution >= 0.6 is 11.6 Å². The molecule has 2 aliphatic carbocycles. The van der Waals surface area contributed by atoms with Gasteiger partial charge in [-0.15, -0.1) is 0 Å². The first kappa shape index (κ1) is 37.3. The van der Waals surface area contributed by atoms with Gasteiger partial charge in [-0.3, -0.25) is 14.3 Å². The predicted molar refractivity (Wildman–Crippen MR) is 202 cm³/mol. The maximum atomic E-state index is 14.4. The third kappa shape index (κ3) is 9.92. The Bertz CT molecular complexity index is 1560. The summed E-state index contributed by atoms with van der Waals surface area (Å²) in [6.45, 7) is 7.41. The van der Waals surface area contributed by atoms with Crippen molar-refractivity contribution in [1.29, 1.82) is 0 Å². The quantitative estimate of drug-likeness (QED) is 0.170. The number of para-hydroxylation sites is 1. The largest absolute Gasteiger partial charge is 0.507 e. The molecular weight excluding hydrogens is 660 g/mol. The Morgan fingerprint density at radius 2 is 1.69 bits per heavy atom. The SMILES string of the molecule is CC(C)(CNC(=O)c1ccccc1O)CC1CCC(N[C@H](Cc2ccc(Cl)cc2)C(=O)N2CCC(Cn3cncn3)(C3CCCCC3)CC2)CC1. The van der Waals surface area contributed by atoms with Crippen molar-refractivity contribution in [3.05, 3.63) is 77.3 Å². The second-order valence-electron chi connectivity index (χ2n) is 16.5. The van der Waals surface area contributed by atoms with Crippen molar-refractivity contribution in [3.63, 3.8) is 0 Å². The van der Waals surface area contributed by atoms with E-state index in [-0.39, 0.29) is 40.5 Å². The van der Waals surface area contributed by atoms with Crippen LogP contribution in [0.3, 0.4) is 0 Å². The van der Waals surface area contributed by atoms with Crippen LogP contribution in [0.15, 0.2) is 61.2 Å². The molecule has 3 aromatic rings. The van der Waals surface area contributed by atoms with Gasteiger partial charge >= 0.3 is 0 Å². The van der Waals surface area contributed by atoms with Gasteiger partial charge in [0.25, 0.3) is 5.91 Å². The molecule has 2 saturated carbocycles. The topological polar surface area (TPSA) is 112 Å². The van der Waals surface area contributed by atoms with Gasteiger partial charge < -0.3 is 20.6 Å². The molecule has 0 radical (unpaired) electrons. The number of carbonyl (C=O) groups is 2. The molecule has 9 nitrogen and oxygen atoms in total. The number of phenols is 1. The Morgan fingerprint density at radius 1 is 0.980 bits per heavy atom. The average molecular weight is 717 g/mol. The standard InChI is InChI=1S/C41H57ClN6O3/c1-40(2,26-44-38(50)35-10-6-7-11-37(35)49)25-31-14-18-34(19-15-31)46-36(24-30-12-16-33(42)17-13-30)39(51)47-22-20-41(21-23-47,27-48-29-43-28-45-48)32-8-4-3-5-9-32/h6-7,10-13,16-17,28-29,31-32,34,36,46,49H,3-5,8-9,14-15,18-27H2,1-2H3,(H,44,50)/t31?,34?,36-/m1/s1. The van der Waals surface area contributed by atoms with Gasteiger partial charge in [0.05, 0.1) is 11.6 Å². The molecule has 3 N–H and O–H groups in total. The van der Waals surface area contributed by atoms with Crippen LogP contribution in [-0.4, -0.2) is 68.3 Å². The summed E-state index contributed by atoms with van der Waals surface area (Å²) >= 11 is 6.23. The van der Waals surface area contributed by atoms with Crippen molar-refractivity contribution in [3.8, 4) is 5.75 Å². The van der Waals surface area contributed by atoms with E-state index in [4.69, 9.17) is 11.6 Å². The highest BCUT2D eigenvalue weighted by atomic mass is 35.5. The molecule has 0 spiro atoms. The van der Waals surface area contributed by atoms with Gasteiger partial charge in [-0.05, 0) is 117 Å². The van der Waals surface area contributed by atoms with E-state index in [2.05, 4.69) is 39.5 Å². The number of hydrogen-bond donors (Lipinski definition) is 3. The Labute approximate surface area is 308 Å². The molecule has 2 amide bonds. The van der Waals surface area contributed by atoms with Gasteiger partial charge in [0.1, 0.15) is 18.4 Å². The summed E-state index contributed by atoms with van der Waals surface area (Å²) in [5, 5.41) is 22.2. The van der Waals surface area contributed by atoms with Crippen LogP contribution in [0.25, 0.3) is 0 Å². The van der Waals surface area contributed by atoms with E-state index in [1.807, 2.05) is 35.3 Å². The molecule has 51 heavy (non-hydrogen) atoms. The highest BCUT2D eigenvalue weighted by Crippen LogP contribution is 2.47. The number of rotatable bonds is 13. The van der Waals surface area contributed by atoms with Gasteiger partial charge in [-0.2, -0.15) is 5.10 Å². The van der Waals surface area contributed by atoms with E-state index >= 15 is 0 Å². The minimum atomic E-state index is -0.286. The fraction of sp³-hybridized carbons (Fsp3) is 0.610. The van der Waals surface area contributed by atoms with Crippen molar-refractivity contribution < 1.29 is 14.7 Å². The molecule has 2 heterocycles. The maximum Gasteiger partial charge on any atom is 0.255 e. The second-order valence-corrected chi connectivity index (χ2v) is 16.9. The number of amides is 2. The van der Waals surface area contributed by atoms with Crippen LogP contribution < -0.4 is 10.6 Å². The second kappa shape index (κ2) is 16.9. The van der Waals surface area contributed by atoms with E-state index < -0.39 is 0 Å². The number of carbonyl (C=O) groups excluding carboxylic acids is 2. The van der Waals surface area contributed by atoms with Crippen molar-refractivity contribution in [1.82, 2.24) is 30.3 Å². The summed E-state index contributed by atoms with van der Waals surface area (Å²) in [7, 11) is 0. The number of nitrogens with one attached hydrogen (secondary N) is 2. The molecule has 0 unspecified atom stereocenters. The molecular formula is C41H57ClN6O3. The number of aromatic hydroxyl groups is 1. The molecule has 6 rings (SSSR count). The Morgan fingerprint density at radius 3 is 2.35 bits per heavy atom. The summed E-state index contributed by atoms with van der Waals surface area (Å²) in [6.07, 6.45) is 17.9. The zero-order valence-corrected chi connectivity index (χ0v) is 31.3. The van der Waals surface area contributed by atoms with E-state index in [0.29, 0.717) is 35.4 Å². The lowest BCUT2D eigenvalue weighted by atomic mass is 9.63. The minimum absolute atomic E-state index is 0.00230. The van der Waals surface area contributed by atoms with Gasteiger partial charge in [0.15, 0.2) is 0 Å². The number of aromatic nitrogens is 3. The van der Waals surface area contributed by atoms with Crippen molar-refractivity contribution in [2.75, 3.05) is 19.6 Å². The Hall–Kier alpha value is -3.43. The van der Waals surface area contributed by atoms with E-state index in [9.17, 15) is 14.7 Å². The molecule has 3 fully saturated rings. The molecule has 2 aromatic carbocycles. The van der Waals surface area contributed by atoms with Gasteiger partial charge in [-0.25, -0.2) is 4.98 Å². The number of halogens is 1. The maximum absolute atomic E-state index is 14.4. The smallest absolute Gasteiger partial charge is 0.255 e. The lowest BCUT2D eigenvalue weighted by Gasteiger charge is -2.48. The molecule has 3 aliphatic rings.